The molecule has 6 heteroatoms. The molecule has 0 fully saturated rings. The first-order valence-electron chi connectivity index (χ1n) is 6.91. The van der Waals surface area contributed by atoms with Gasteiger partial charge in [-0.3, -0.25) is 4.68 Å². The summed E-state index contributed by atoms with van der Waals surface area (Å²) in [5.41, 5.74) is 7.33. The van der Waals surface area contributed by atoms with E-state index in [0.29, 0.717) is 18.7 Å². The van der Waals surface area contributed by atoms with Gasteiger partial charge in [0, 0.05) is 42.4 Å². The number of aryl methyl sites for hydroxylation is 2. The minimum atomic E-state index is -0.960. The van der Waals surface area contributed by atoms with Gasteiger partial charge in [0.25, 0.3) is 0 Å². The summed E-state index contributed by atoms with van der Waals surface area (Å²) in [5, 5.41) is 4.37. The monoisotopic (exact) mass is 297 g/mol. The van der Waals surface area contributed by atoms with Gasteiger partial charge in [-0.05, 0) is 19.4 Å². The molecular weight excluding hydrogens is 279 g/mol. The molecule has 1 unspecified atom stereocenters. The highest BCUT2D eigenvalue weighted by Crippen LogP contribution is 2.24. The van der Waals surface area contributed by atoms with Crippen LogP contribution in [0.4, 0.5) is 13.2 Å². The van der Waals surface area contributed by atoms with E-state index in [0.717, 1.165) is 17.8 Å². The lowest BCUT2D eigenvalue weighted by atomic mass is 10.0. The molecule has 2 rings (SSSR count). The normalized spacial score (nSPS) is 12.7. The summed E-state index contributed by atoms with van der Waals surface area (Å²) in [6, 6.07) is 2.28. The highest BCUT2D eigenvalue weighted by molar-refractivity contribution is 5.26. The predicted molar refractivity (Wildman–Crippen MR) is 74.2 cm³/mol. The summed E-state index contributed by atoms with van der Waals surface area (Å²) in [5.74, 6) is -2.87. The maximum atomic E-state index is 13.7. The van der Waals surface area contributed by atoms with Crippen molar-refractivity contribution in [1.82, 2.24) is 9.78 Å². The number of hydrogen-bond donors (Lipinski definition) is 1. The van der Waals surface area contributed by atoms with Gasteiger partial charge in [0.15, 0.2) is 0 Å². The Kier molecular flexibility index (Phi) is 4.67. The fourth-order valence-electron chi connectivity index (χ4n) is 2.36. The lowest BCUT2D eigenvalue weighted by Crippen LogP contribution is -2.19. The van der Waals surface area contributed by atoms with E-state index in [9.17, 15) is 13.2 Å². The quantitative estimate of drug-likeness (QED) is 0.921. The maximum absolute atomic E-state index is 13.7. The highest BCUT2D eigenvalue weighted by Gasteiger charge is 2.20. The Bertz CT molecular complexity index is 614. The van der Waals surface area contributed by atoms with E-state index in [2.05, 4.69) is 5.10 Å². The van der Waals surface area contributed by atoms with Gasteiger partial charge in [-0.1, -0.05) is 6.92 Å². The van der Waals surface area contributed by atoms with Crippen LogP contribution < -0.4 is 5.73 Å². The first-order chi connectivity index (χ1) is 9.96. The van der Waals surface area contributed by atoms with Crippen LogP contribution in [-0.4, -0.2) is 9.78 Å². The number of hydrogen-bond acceptors (Lipinski definition) is 2. The van der Waals surface area contributed by atoms with Crippen molar-refractivity contribution in [3.05, 3.63) is 52.6 Å². The molecule has 1 aromatic carbocycles. The second-order valence-corrected chi connectivity index (χ2v) is 4.89. The summed E-state index contributed by atoms with van der Waals surface area (Å²) in [7, 11) is 0. The summed E-state index contributed by atoms with van der Waals surface area (Å²) in [6.07, 6.45) is 1.01. The molecule has 21 heavy (non-hydrogen) atoms. The van der Waals surface area contributed by atoms with E-state index in [1.807, 2.05) is 19.9 Å². The van der Waals surface area contributed by atoms with Crippen LogP contribution in [0.15, 0.2) is 18.2 Å². The molecule has 2 N–H and O–H groups in total. The third kappa shape index (κ3) is 3.26. The zero-order valence-electron chi connectivity index (χ0n) is 12.0. The van der Waals surface area contributed by atoms with E-state index in [-0.39, 0.29) is 12.0 Å². The molecule has 3 nitrogen and oxygen atoms in total. The minimum Gasteiger partial charge on any atom is -0.323 e. The van der Waals surface area contributed by atoms with Crippen LogP contribution in [0.25, 0.3) is 0 Å². The summed E-state index contributed by atoms with van der Waals surface area (Å²) < 4.78 is 42.2. The van der Waals surface area contributed by atoms with Gasteiger partial charge in [0.1, 0.15) is 17.5 Å². The molecule has 1 atom stereocenters. The van der Waals surface area contributed by atoms with E-state index >= 15 is 0 Å². The van der Waals surface area contributed by atoms with Crippen LogP contribution in [0.1, 0.15) is 36.8 Å². The number of halogens is 3. The van der Waals surface area contributed by atoms with Crippen molar-refractivity contribution in [1.29, 1.82) is 0 Å². The first-order valence-corrected chi connectivity index (χ1v) is 6.91. The van der Waals surface area contributed by atoms with Crippen molar-refractivity contribution in [2.45, 2.75) is 39.3 Å². The van der Waals surface area contributed by atoms with Crippen LogP contribution in [0.2, 0.25) is 0 Å². The largest absolute Gasteiger partial charge is 0.323 e. The third-order valence-electron chi connectivity index (χ3n) is 3.42. The average molecular weight is 297 g/mol. The van der Waals surface area contributed by atoms with Gasteiger partial charge in [0.05, 0.1) is 5.69 Å². The zero-order valence-corrected chi connectivity index (χ0v) is 12.0. The Morgan fingerprint density at radius 2 is 1.76 bits per heavy atom. The lowest BCUT2D eigenvalue weighted by molar-refractivity contribution is 0.494. The Balaban J connectivity index is 2.30. The fourth-order valence-corrected chi connectivity index (χ4v) is 2.36. The number of benzene rings is 1. The Morgan fingerprint density at radius 1 is 1.14 bits per heavy atom. The molecule has 1 aromatic heterocycles. The Hall–Kier alpha value is -1.82. The van der Waals surface area contributed by atoms with E-state index < -0.39 is 23.5 Å². The van der Waals surface area contributed by atoms with Crippen LogP contribution in [0, 0.1) is 17.5 Å². The smallest absolute Gasteiger partial charge is 0.133 e. The van der Waals surface area contributed by atoms with Crippen molar-refractivity contribution in [2.24, 2.45) is 5.73 Å². The molecule has 1 heterocycles. The van der Waals surface area contributed by atoms with Crippen LogP contribution >= 0.6 is 0 Å². The van der Waals surface area contributed by atoms with E-state index in [4.69, 9.17) is 5.73 Å². The Labute approximate surface area is 121 Å². The predicted octanol–water partition coefficient (Wildman–Crippen LogP) is 3.13. The van der Waals surface area contributed by atoms with E-state index in [1.165, 1.54) is 0 Å². The fraction of sp³-hybridized carbons (Fsp3) is 0.400. The summed E-state index contributed by atoms with van der Waals surface area (Å²) in [4.78, 5) is 0. The number of nitrogens with two attached hydrogens (primary N) is 1. The van der Waals surface area contributed by atoms with Crippen molar-refractivity contribution in [2.75, 3.05) is 0 Å². The summed E-state index contributed by atoms with van der Waals surface area (Å²) >= 11 is 0. The van der Waals surface area contributed by atoms with Crippen molar-refractivity contribution in [3.8, 4) is 0 Å². The number of rotatable bonds is 5. The summed E-state index contributed by atoms with van der Waals surface area (Å²) in [6.45, 7) is 4.56. The van der Waals surface area contributed by atoms with Gasteiger partial charge in [0.2, 0.25) is 0 Å². The molecule has 0 aliphatic carbocycles. The molecule has 0 saturated heterocycles. The van der Waals surface area contributed by atoms with Gasteiger partial charge < -0.3 is 5.73 Å². The number of aromatic nitrogens is 2. The van der Waals surface area contributed by atoms with Crippen molar-refractivity contribution in [3.63, 3.8) is 0 Å². The molecule has 0 amide bonds. The van der Waals surface area contributed by atoms with Gasteiger partial charge in [-0.15, -0.1) is 0 Å². The zero-order chi connectivity index (χ0) is 15.6. The molecule has 0 spiro atoms. The van der Waals surface area contributed by atoms with E-state index in [1.54, 1.807) is 4.68 Å². The molecule has 0 bridgehead atoms. The lowest BCUT2D eigenvalue weighted by Gasteiger charge is -2.14. The van der Waals surface area contributed by atoms with Gasteiger partial charge in [-0.2, -0.15) is 5.10 Å². The molecular formula is C15H18F3N3. The molecule has 0 saturated carbocycles. The van der Waals surface area contributed by atoms with Crippen molar-refractivity contribution >= 4 is 0 Å². The van der Waals surface area contributed by atoms with Crippen LogP contribution in [-0.2, 0) is 19.4 Å². The SMILES string of the molecule is CCc1cc(CC(N)c2c(F)cc(F)cc2F)n(CC)n1. The second-order valence-electron chi connectivity index (χ2n) is 4.89. The molecule has 0 radical (unpaired) electrons. The van der Waals surface area contributed by atoms with Crippen molar-refractivity contribution < 1.29 is 13.2 Å². The molecule has 0 aliphatic rings. The molecule has 114 valence electrons. The molecule has 2 aromatic rings. The molecule has 0 aliphatic heterocycles. The minimum absolute atomic E-state index is 0.236. The first kappa shape index (κ1) is 15.6. The van der Waals surface area contributed by atoms with Gasteiger partial charge >= 0.3 is 0 Å². The standard InChI is InChI=1S/C15H18F3N3/c1-3-10-7-11(21(4-2)20-10)8-14(19)15-12(17)5-9(16)6-13(15)18/h5-7,14H,3-4,8,19H2,1-2H3. The Morgan fingerprint density at radius 3 is 2.29 bits per heavy atom. The topological polar surface area (TPSA) is 43.8 Å². The highest BCUT2D eigenvalue weighted by atomic mass is 19.1. The second kappa shape index (κ2) is 6.30. The van der Waals surface area contributed by atoms with Gasteiger partial charge in [-0.25, -0.2) is 13.2 Å². The average Bonchev–Trinajstić information content (AvgIpc) is 2.79. The maximum Gasteiger partial charge on any atom is 0.133 e. The van der Waals surface area contributed by atoms with Crippen LogP contribution in [0.5, 0.6) is 0 Å². The van der Waals surface area contributed by atoms with Crippen LogP contribution in [0.3, 0.4) is 0 Å². The third-order valence-corrected chi connectivity index (χ3v) is 3.42. The number of nitrogens with zero attached hydrogens (tertiary/aromatic N) is 2.